The zero-order valence-corrected chi connectivity index (χ0v) is 13.5. The van der Waals surface area contributed by atoms with E-state index in [2.05, 4.69) is 0 Å². The van der Waals surface area contributed by atoms with Gasteiger partial charge in [-0.05, 0) is 35.7 Å². The van der Waals surface area contributed by atoms with Crippen molar-refractivity contribution in [2.45, 2.75) is 12.8 Å². The topological polar surface area (TPSA) is 60.4 Å². The molecule has 0 amide bonds. The smallest absolute Gasteiger partial charge is 0.315 e. The second-order valence-electron chi connectivity index (χ2n) is 5.27. The van der Waals surface area contributed by atoms with Crippen LogP contribution in [-0.4, -0.2) is 26.4 Å². The van der Waals surface area contributed by atoms with Gasteiger partial charge in [-0.25, -0.2) is 12.8 Å². The highest BCUT2D eigenvalue weighted by atomic mass is 32.2. The summed E-state index contributed by atoms with van der Waals surface area (Å²) in [7, 11) is -3.14. The average molecular weight is 336 g/mol. The van der Waals surface area contributed by atoms with E-state index in [4.69, 9.17) is 4.74 Å². The molecule has 4 nitrogen and oxygen atoms in total. The molecule has 0 fully saturated rings. The van der Waals surface area contributed by atoms with Crippen molar-refractivity contribution in [2.75, 3.05) is 12.0 Å². The van der Waals surface area contributed by atoms with Crippen LogP contribution in [0.1, 0.15) is 11.1 Å². The van der Waals surface area contributed by atoms with Crippen LogP contribution in [0.5, 0.6) is 5.75 Å². The predicted molar refractivity (Wildman–Crippen MR) is 85.6 cm³/mol. The van der Waals surface area contributed by atoms with Gasteiger partial charge in [0.25, 0.3) is 0 Å². The fourth-order valence-electron chi connectivity index (χ4n) is 2.02. The number of para-hydroxylation sites is 1. The van der Waals surface area contributed by atoms with Crippen molar-refractivity contribution in [2.24, 2.45) is 0 Å². The van der Waals surface area contributed by atoms with Crippen LogP contribution in [0.15, 0.2) is 48.5 Å². The third-order valence-electron chi connectivity index (χ3n) is 3.18. The summed E-state index contributed by atoms with van der Waals surface area (Å²) in [5, 5.41) is 0. The van der Waals surface area contributed by atoms with Crippen LogP contribution in [0.3, 0.4) is 0 Å². The molecule has 23 heavy (non-hydrogen) atoms. The van der Waals surface area contributed by atoms with Gasteiger partial charge < -0.3 is 4.74 Å². The van der Waals surface area contributed by atoms with Crippen LogP contribution in [0.4, 0.5) is 4.39 Å². The molecule has 0 bridgehead atoms. The third-order valence-corrected chi connectivity index (χ3v) is 4.13. The standard InChI is InChI=1S/C17H17FO4S/c1-23(20,21)10-9-14-8-7-13(11-16(14)18)12-17(19)22-15-5-3-2-4-6-15/h2-8,11H,9-10,12H2,1H3. The zero-order chi connectivity index (χ0) is 16.9. The molecule has 0 saturated heterocycles. The highest BCUT2D eigenvalue weighted by molar-refractivity contribution is 7.90. The number of rotatable bonds is 6. The maximum atomic E-state index is 14.0. The van der Waals surface area contributed by atoms with Gasteiger partial charge in [-0.15, -0.1) is 0 Å². The monoisotopic (exact) mass is 336 g/mol. The summed E-state index contributed by atoms with van der Waals surface area (Å²) in [6.07, 6.45) is 1.16. The Bertz CT molecular complexity index is 785. The summed E-state index contributed by atoms with van der Waals surface area (Å²) < 4.78 is 41.3. The Balaban J connectivity index is 1.98. The summed E-state index contributed by atoms with van der Waals surface area (Å²) in [5.74, 6) is -0.680. The lowest BCUT2D eigenvalue weighted by Gasteiger charge is -2.07. The van der Waals surface area contributed by atoms with Crippen molar-refractivity contribution in [3.8, 4) is 5.75 Å². The van der Waals surface area contributed by atoms with Crippen molar-refractivity contribution >= 4 is 15.8 Å². The highest BCUT2D eigenvalue weighted by Crippen LogP contribution is 2.14. The molecule has 0 N–H and O–H groups in total. The van der Waals surface area contributed by atoms with Crippen molar-refractivity contribution in [1.29, 1.82) is 0 Å². The molecular weight excluding hydrogens is 319 g/mol. The number of ether oxygens (including phenoxy) is 1. The van der Waals surface area contributed by atoms with E-state index in [9.17, 15) is 17.6 Å². The quantitative estimate of drug-likeness (QED) is 0.601. The van der Waals surface area contributed by atoms with Crippen molar-refractivity contribution in [1.82, 2.24) is 0 Å². The minimum atomic E-state index is -3.14. The summed E-state index contributed by atoms with van der Waals surface area (Å²) >= 11 is 0. The molecule has 0 atom stereocenters. The molecule has 0 spiro atoms. The fourth-order valence-corrected chi connectivity index (χ4v) is 2.61. The SMILES string of the molecule is CS(=O)(=O)CCc1ccc(CC(=O)Oc2ccccc2)cc1F. The molecule has 0 aliphatic heterocycles. The Morgan fingerprint density at radius 3 is 2.43 bits per heavy atom. The highest BCUT2D eigenvalue weighted by Gasteiger charge is 2.11. The van der Waals surface area contributed by atoms with Gasteiger partial charge in [0, 0.05) is 6.26 Å². The lowest BCUT2D eigenvalue weighted by Crippen LogP contribution is -2.12. The number of aryl methyl sites for hydroxylation is 1. The van der Waals surface area contributed by atoms with Gasteiger partial charge in [-0.2, -0.15) is 0 Å². The average Bonchev–Trinajstić information content (AvgIpc) is 2.46. The number of sulfone groups is 1. The van der Waals surface area contributed by atoms with Gasteiger partial charge in [-0.1, -0.05) is 30.3 Å². The molecule has 2 aromatic rings. The van der Waals surface area contributed by atoms with Crippen molar-refractivity contribution < 1.29 is 22.3 Å². The molecule has 0 saturated carbocycles. The molecule has 0 heterocycles. The van der Waals surface area contributed by atoms with Gasteiger partial charge in [0.05, 0.1) is 12.2 Å². The first-order valence-electron chi connectivity index (χ1n) is 7.04. The normalized spacial score (nSPS) is 11.2. The number of hydrogen-bond acceptors (Lipinski definition) is 4. The zero-order valence-electron chi connectivity index (χ0n) is 12.7. The van der Waals surface area contributed by atoms with Crippen LogP contribution >= 0.6 is 0 Å². The molecule has 2 aromatic carbocycles. The Morgan fingerprint density at radius 2 is 1.83 bits per heavy atom. The molecule has 6 heteroatoms. The number of carbonyl (C=O) groups excluding carboxylic acids is 1. The minimum absolute atomic E-state index is 0.0574. The van der Waals surface area contributed by atoms with E-state index in [0.717, 1.165) is 6.26 Å². The van der Waals surface area contributed by atoms with Crippen LogP contribution in [0.25, 0.3) is 0 Å². The second-order valence-corrected chi connectivity index (χ2v) is 7.53. The van der Waals surface area contributed by atoms with E-state index < -0.39 is 21.6 Å². The molecule has 2 rings (SSSR count). The molecule has 0 aliphatic rings. The van der Waals surface area contributed by atoms with Gasteiger partial charge >= 0.3 is 5.97 Å². The number of benzene rings is 2. The summed E-state index contributed by atoms with van der Waals surface area (Å²) in [4.78, 5) is 11.8. The number of halogens is 1. The number of hydrogen-bond donors (Lipinski definition) is 0. The Hall–Kier alpha value is -2.21. The van der Waals surface area contributed by atoms with E-state index in [0.29, 0.717) is 16.9 Å². The van der Waals surface area contributed by atoms with E-state index in [1.54, 1.807) is 30.3 Å². The molecular formula is C17H17FO4S. The first kappa shape index (κ1) is 17.1. The Labute approximate surface area is 134 Å². The summed E-state index contributed by atoms with van der Waals surface area (Å²) in [6.45, 7) is 0. The maximum absolute atomic E-state index is 14.0. The Morgan fingerprint density at radius 1 is 1.13 bits per heavy atom. The molecule has 0 aliphatic carbocycles. The molecule has 0 radical (unpaired) electrons. The lowest BCUT2D eigenvalue weighted by atomic mass is 10.1. The fraction of sp³-hybridized carbons (Fsp3) is 0.235. The largest absolute Gasteiger partial charge is 0.426 e. The van der Waals surface area contributed by atoms with Gasteiger partial charge in [0.15, 0.2) is 0 Å². The lowest BCUT2D eigenvalue weighted by molar-refractivity contribution is -0.133. The van der Waals surface area contributed by atoms with Gasteiger partial charge in [-0.3, -0.25) is 4.79 Å². The van der Waals surface area contributed by atoms with Crippen LogP contribution < -0.4 is 4.74 Å². The van der Waals surface area contributed by atoms with Gasteiger partial charge in [0.2, 0.25) is 0 Å². The van der Waals surface area contributed by atoms with Crippen molar-refractivity contribution in [3.05, 3.63) is 65.5 Å². The summed E-state index contributed by atoms with van der Waals surface area (Å²) in [6, 6.07) is 13.0. The number of carbonyl (C=O) groups is 1. The van der Waals surface area contributed by atoms with E-state index in [-0.39, 0.29) is 18.6 Å². The van der Waals surface area contributed by atoms with Crippen LogP contribution in [-0.2, 0) is 27.5 Å². The Kier molecular flexibility index (Phi) is 5.50. The van der Waals surface area contributed by atoms with E-state index >= 15 is 0 Å². The number of esters is 1. The molecule has 0 unspecified atom stereocenters. The van der Waals surface area contributed by atoms with E-state index in [1.165, 1.54) is 12.1 Å². The van der Waals surface area contributed by atoms with Gasteiger partial charge in [0.1, 0.15) is 21.4 Å². The first-order valence-corrected chi connectivity index (χ1v) is 9.10. The molecule has 122 valence electrons. The summed E-state index contributed by atoms with van der Waals surface area (Å²) in [5.41, 5.74) is 0.794. The second kappa shape index (κ2) is 7.37. The first-order chi connectivity index (χ1) is 10.8. The van der Waals surface area contributed by atoms with Crippen LogP contribution in [0, 0.1) is 5.82 Å². The maximum Gasteiger partial charge on any atom is 0.315 e. The van der Waals surface area contributed by atoms with Crippen LogP contribution in [0.2, 0.25) is 0 Å². The minimum Gasteiger partial charge on any atom is -0.426 e. The third kappa shape index (κ3) is 5.83. The van der Waals surface area contributed by atoms with Crippen molar-refractivity contribution in [3.63, 3.8) is 0 Å². The molecule has 0 aromatic heterocycles. The van der Waals surface area contributed by atoms with E-state index in [1.807, 2.05) is 6.07 Å². The predicted octanol–water partition coefficient (Wildman–Crippen LogP) is 2.56.